The van der Waals surface area contributed by atoms with Crippen molar-refractivity contribution in [3.05, 3.63) is 65.2 Å². The van der Waals surface area contributed by atoms with Gasteiger partial charge in [0.05, 0.1) is 12.6 Å². The Morgan fingerprint density at radius 2 is 1.82 bits per heavy atom. The summed E-state index contributed by atoms with van der Waals surface area (Å²) in [5.74, 6) is 0.791. The van der Waals surface area contributed by atoms with E-state index in [-0.39, 0.29) is 12.1 Å². The second kappa shape index (κ2) is 8.29. The van der Waals surface area contributed by atoms with E-state index in [4.69, 9.17) is 16.3 Å². The molecule has 4 nitrogen and oxygen atoms in total. The van der Waals surface area contributed by atoms with Crippen molar-refractivity contribution in [2.75, 3.05) is 13.2 Å². The Bertz CT molecular complexity index is 587. The molecule has 0 bridgehead atoms. The lowest BCUT2D eigenvalue weighted by atomic mass is 10.1. The van der Waals surface area contributed by atoms with Gasteiger partial charge in [0.25, 0.3) is 0 Å². The van der Waals surface area contributed by atoms with E-state index in [0.717, 1.165) is 11.3 Å². The van der Waals surface area contributed by atoms with Crippen molar-refractivity contribution < 1.29 is 9.53 Å². The Hall–Kier alpha value is -2.20. The summed E-state index contributed by atoms with van der Waals surface area (Å²) in [6, 6.07) is 16.6. The first-order valence-electron chi connectivity index (χ1n) is 7.13. The molecule has 0 spiro atoms. The predicted octanol–water partition coefficient (Wildman–Crippen LogP) is 3.78. The molecule has 0 aliphatic rings. The Balaban J connectivity index is 1.68. The molecular weight excluding hydrogens is 300 g/mol. The summed E-state index contributed by atoms with van der Waals surface area (Å²) in [7, 11) is 0. The fourth-order valence-electron chi connectivity index (χ4n) is 1.93. The third-order valence-corrected chi connectivity index (χ3v) is 3.37. The third kappa shape index (κ3) is 5.30. The first-order valence-corrected chi connectivity index (χ1v) is 7.50. The van der Waals surface area contributed by atoms with E-state index in [1.54, 1.807) is 12.1 Å². The van der Waals surface area contributed by atoms with Crippen LogP contribution in [0.5, 0.6) is 5.75 Å². The molecule has 0 saturated carbocycles. The van der Waals surface area contributed by atoms with Gasteiger partial charge in [0.1, 0.15) is 12.4 Å². The van der Waals surface area contributed by atoms with E-state index >= 15 is 0 Å². The molecule has 0 aliphatic carbocycles. The van der Waals surface area contributed by atoms with Crippen LogP contribution in [0.15, 0.2) is 54.6 Å². The maximum Gasteiger partial charge on any atom is 0.315 e. The number of urea groups is 1. The molecule has 2 rings (SSSR count). The first-order chi connectivity index (χ1) is 10.6. The van der Waals surface area contributed by atoms with Gasteiger partial charge in [0.2, 0.25) is 0 Å². The summed E-state index contributed by atoms with van der Waals surface area (Å²) in [5, 5.41) is 6.31. The number of hydrogen-bond acceptors (Lipinski definition) is 2. The molecule has 22 heavy (non-hydrogen) atoms. The highest BCUT2D eigenvalue weighted by atomic mass is 35.5. The molecular formula is C17H19ClN2O2. The van der Waals surface area contributed by atoms with Gasteiger partial charge in [-0.15, -0.1) is 0 Å². The van der Waals surface area contributed by atoms with Gasteiger partial charge in [-0.3, -0.25) is 0 Å². The smallest absolute Gasteiger partial charge is 0.315 e. The minimum atomic E-state index is -0.223. The Morgan fingerprint density at radius 1 is 1.14 bits per heavy atom. The van der Waals surface area contributed by atoms with Crippen LogP contribution < -0.4 is 15.4 Å². The van der Waals surface area contributed by atoms with E-state index in [1.165, 1.54) is 0 Å². The fraction of sp³-hybridized carbons (Fsp3) is 0.235. The molecule has 0 aromatic heterocycles. The number of rotatable bonds is 6. The molecule has 0 heterocycles. The van der Waals surface area contributed by atoms with Gasteiger partial charge in [-0.05, 0) is 36.8 Å². The van der Waals surface area contributed by atoms with Crippen LogP contribution in [-0.4, -0.2) is 19.2 Å². The monoisotopic (exact) mass is 318 g/mol. The van der Waals surface area contributed by atoms with E-state index in [0.29, 0.717) is 18.2 Å². The zero-order valence-electron chi connectivity index (χ0n) is 12.4. The lowest BCUT2D eigenvalue weighted by Gasteiger charge is -2.15. The van der Waals surface area contributed by atoms with E-state index in [9.17, 15) is 4.79 Å². The van der Waals surface area contributed by atoms with Gasteiger partial charge >= 0.3 is 6.03 Å². The molecule has 2 N–H and O–H groups in total. The Kier molecular flexibility index (Phi) is 6.10. The van der Waals surface area contributed by atoms with Crippen LogP contribution >= 0.6 is 11.6 Å². The SMILES string of the molecule is CC(NC(=O)NCCOc1ccccc1)c1ccc(Cl)cc1. The van der Waals surface area contributed by atoms with Gasteiger partial charge in [0.15, 0.2) is 0 Å². The van der Waals surface area contributed by atoms with Crippen molar-refractivity contribution in [1.29, 1.82) is 0 Å². The summed E-state index contributed by atoms with van der Waals surface area (Å²) in [6.07, 6.45) is 0. The molecule has 2 amide bonds. The van der Waals surface area contributed by atoms with Crippen molar-refractivity contribution in [2.24, 2.45) is 0 Å². The van der Waals surface area contributed by atoms with Crippen molar-refractivity contribution in [3.63, 3.8) is 0 Å². The van der Waals surface area contributed by atoms with Gasteiger partial charge < -0.3 is 15.4 Å². The second-order valence-electron chi connectivity index (χ2n) is 4.83. The molecule has 1 unspecified atom stereocenters. The standard InChI is InChI=1S/C17H19ClN2O2/c1-13(14-7-9-15(18)10-8-14)20-17(21)19-11-12-22-16-5-3-2-4-6-16/h2-10,13H,11-12H2,1H3,(H2,19,20,21). The first kappa shape index (κ1) is 16.2. The van der Waals surface area contributed by atoms with E-state index in [2.05, 4.69) is 10.6 Å². The van der Waals surface area contributed by atoms with Gasteiger partial charge in [-0.1, -0.05) is 41.9 Å². The highest BCUT2D eigenvalue weighted by Gasteiger charge is 2.08. The predicted molar refractivity (Wildman–Crippen MR) is 88.3 cm³/mol. The highest BCUT2D eigenvalue weighted by Crippen LogP contribution is 2.15. The van der Waals surface area contributed by atoms with Crippen molar-refractivity contribution in [2.45, 2.75) is 13.0 Å². The average Bonchev–Trinajstić information content (AvgIpc) is 2.53. The number of halogens is 1. The molecule has 0 saturated heterocycles. The molecule has 2 aromatic rings. The average molecular weight is 319 g/mol. The van der Waals surface area contributed by atoms with Crippen LogP contribution in [0.1, 0.15) is 18.5 Å². The van der Waals surface area contributed by atoms with Gasteiger partial charge in [-0.25, -0.2) is 4.79 Å². The summed E-state index contributed by atoms with van der Waals surface area (Å²) in [5.41, 5.74) is 1.00. The van der Waals surface area contributed by atoms with Crippen LogP contribution in [0, 0.1) is 0 Å². The topological polar surface area (TPSA) is 50.4 Å². The highest BCUT2D eigenvalue weighted by molar-refractivity contribution is 6.30. The molecule has 5 heteroatoms. The summed E-state index contributed by atoms with van der Waals surface area (Å²) in [4.78, 5) is 11.8. The van der Waals surface area contributed by atoms with Gasteiger partial charge in [0, 0.05) is 5.02 Å². The Labute approximate surface area is 135 Å². The molecule has 116 valence electrons. The number of amides is 2. The number of para-hydroxylation sites is 1. The molecule has 0 fully saturated rings. The summed E-state index contributed by atoms with van der Waals surface area (Å²) in [6.45, 7) is 2.78. The zero-order chi connectivity index (χ0) is 15.8. The van der Waals surface area contributed by atoms with Crippen LogP contribution in [-0.2, 0) is 0 Å². The number of nitrogens with one attached hydrogen (secondary N) is 2. The molecule has 0 radical (unpaired) electrons. The quantitative estimate of drug-likeness (QED) is 0.796. The van der Waals surface area contributed by atoms with Crippen molar-refractivity contribution >= 4 is 17.6 Å². The van der Waals surface area contributed by atoms with Crippen molar-refractivity contribution in [3.8, 4) is 5.75 Å². The maximum absolute atomic E-state index is 11.8. The number of carbonyl (C=O) groups is 1. The second-order valence-corrected chi connectivity index (χ2v) is 5.27. The van der Waals surface area contributed by atoms with Crippen LogP contribution in [0.3, 0.4) is 0 Å². The third-order valence-electron chi connectivity index (χ3n) is 3.12. The molecule has 0 aliphatic heterocycles. The number of carbonyl (C=O) groups excluding carboxylic acids is 1. The minimum absolute atomic E-state index is 0.0905. The summed E-state index contributed by atoms with van der Waals surface area (Å²) >= 11 is 5.84. The fourth-order valence-corrected chi connectivity index (χ4v) is 2.06. The van der Waals surface area contributed by atoms with Crippen LogP contribution in [0.4, 0.5) is 4.79 Å². The number of hydrogen-bond donors (Lipinski definition) is 2. The minimum Gasteiger partial charge on any atom is -0.492 e. The van der Waals surface area contributed by atoms with E-state index in [1.807, 2.05) is 49.4 Å². The van der Waals surface area contributed by atoms with Crippen LogP contribution in [0.25, 0.3) is 0 Å². The number of benzene rings is 2. The normalized spacial score (nSPS) is 11.5. The lowest BCUT2D eigenvalue weighted by molar-refractivity contribution is 0.233. The Morgan fingerprint density at radius 3 is 2.50 bits per heavy atom. The number of ether oxygens (including phenoxy) is 1. The summed E-state index contributed by atoms with van der Waals surface area (Å²) < 4.78 is 5.50. The molecule has 1 atom stereocenters. The van der Waals surface area contributed by atoms with E-state index < -0.39 is 0 Å². The zero-order valence-corrected chi connectivity index (χ0v) is 13.1. The largest absolute Gasteiger partial charge is 0.492 e. The van der Waals surface area contributed by atoms with Crippen LogP contribution in [0.2, 0.25) is 5.02 Å². The lowest BCUT2D eigenvalue weighted by Crippen LogP contribution is -2.38. The molecule has 2 aromatic carbocycles. The maximum atomic E-state index is 11.8. The van der Waals surface area contributed by atoms with Gasteiger partial charge in [-0.2, -0.15) is 0 Å². The van der Waals surface area contributed by atoms with Crippen molar-refractivity contribution in [1.82, 2.24) is 10.6 Å².